The largest absolute Gasteiger partial charge is 0.363 e. The normalized spacial score (nSPS) is 21.0. The van der Waals surface area contributed by atoms with Gasteiger partial charge in [-0.25, -0.2) is 27.7 Å². The van der Waals surface area contributed by atoms with Crippen molar-refractivity contribution in [3.8, 4) is 0 Å². The molecule has 0 saturated carbocycles. The Kier molecular flexibility index (Phi) is 2.45. The van der Waals surface area contributed by atoms with Crippen molar-refractivity contribution in [1.82, 2.24) is 19.6 Å². The highest BCUT2D eigenvalue weighted by Gasteiger charge is 2.22. The molecule has 8 nitrogen and oxygen atoms in total. The number of hydrogen-bond donors (Lipinski definition) is 2. The minimum atomic E-state index is -3.11. The van der Waals surface area contributed by atoms with Crippen molar-refractivity contribution < 1.29 is 8.42 Å². The molecule has 0 spiro atoms. The molecule has 0 saturated heterocycles. The SMILES string of the molecule is Cc1nc(NC2C=CS(=O)(=O)C2)cc2n[nH]c(=O)n12. The number of aryl methyl sites for hydroxylation is 1. The molecule has 2 aromatic rings. The molecule has 0 bridgehead atoms. The molecule has 100 valence electrons. The molecule has 3 heterocycles. The molecule has 3 rings (SSSR count). The van der Waals surface area contributed by atoms with Crippen LogP contribution in [0.1, 0.15) is 5.82 Å². The molecule has 0 amide bonds. The van der Waals surface area contributed by atoms with Gasteiger partial charge in [-0.1, -0.05) is 0 Å². The summed E-state index contributed by atoms with van der Waals surface area (Å²) in [4.78, 5) is 15.6. The fourth-order valence-corrected chi connectivity index (χ4v) is 3.26. The Bertz CT molecular complexity index is 832. The van der Waals surface area contributed by atoms with Crippen LogP contribution in [0.5, 0.6) is 0 Å². The predicted molar refractivity (Wildman–Crippen MR) is 68.7 cm³/mol. The van der Waals surface area contributed by atoms with Crippen LogP contribution in [0.25, 0.3) is 5.65 Å². The second kappa shape index (κ2) is 3.92. The summed E-state index contributed by atoms with van der Waals surface area (Å²) in [5.41, 5.74) is 0.0831. The van der Waals surface area contributed by atoms with Gasteiger partial charge in [-0.05, 0) is 13.0 Å². The van der Waals surface area contributed by atoms with E-state index >= 15 is 0 Å². The molecular formula is C10H11N5O3S. The van der Waals surface area contributed by atoms with E-state index in [1.165, 1.54) is 9.81 Å². The van der Waals surface area contributed by atoms with Crippen LogP contribution < -0.4 is 11.0 Å². The monoisotopic (exact) mass is 281 g/mol. The molecule has 0 aromatic carbocycles. The number of anilines is 1. The van der Waals surface area contributed by atoms with Crippen LogP contribution in [0, 0.1) is 6.92 Å². The van der Waals surface area contributed by atoms with Gasteiger partial charge in [0.2, 0.25) is 0 Å². The molecule has 1 unspecified atom stereocenters. The highest BCUT2D eigenvalue weighted by Crippen LogP contribution is 2.14. The summed E-state index contributed by atoms with van der Waals surface area (Å²) < 4.78 is 23.9. The molecule has 2 N–H and O–H groups in total. The number of aromatic amines is 1. The van der Waals surface area contributed by atoms with E-state index in [2.05, 4.69) is 20.5 Å². The van der Waals surface area contributed by atoms with Crippen molar-refractivity contribution in [3.63, 3.8) is 0 Å². The van der Waals surface area contributed by atoms with Crippen LogP contribution in [-0.2, 0) is 9.84 Å². The van der Waals surface area contributed by atoms with Gasteiger partial charge in [0.1, 0.15) is 11.6 Å². The van der Waals surface area contributed by atoms with Gasteiger partial charge in [0.25, 0.3) is 0 Å². The summed E-state index contributed by atoms with van der Waals surface area (Å²) in [6, 6.07) is 1.27. The maximum absolute atomic E-state index is 11.4. The lowest BCUT2D eigenvalue weighted by Crippen LogP contribution is -2.22. The van der Waals surface area contributed by atoms with Crippen LogP contribution in [0.3, 0.4) is 0 Å². The molecule has 0 radical (unpaired) electrons. The zero-order valence-electron chi connectivity index (χ0n) is 9.99. The summed E-state index contributed by atoms with van der Waals surface area (Å²) >= 11 is 0. The van der Waals surface area contributed by atoms with Crippen molar-refractivity contribution in [1.29, 1.82) is 0 Å². The Morgan fingerprint density at radius 3 is 3.00 bits per heavy atom. The van der Waals surface area contributed by atoms with Crippen LogP contribution >= 0.6 is 0 Å². The van der Waals surface area contributed by atoms with Crippen LogP contribution in [-0.4, -0.2) is 39.8 Å². The number of hydrogen-bond acceptors (Lipinski definition) is 6. The van der Waals surface area contributed by atoms with Gasteiger partial charge in [0, 0.05) is 11.5 Å². The Labute approximate surface area is 108 Å². The fourth-order valence-electron chi connectivity index (χ4n) is 2.03. The second-order valence-electron chi connectivity index (χ2n) is 4.32. The average Bonchev–Trinajstić information content (AvgIpc) is 2.83. The first-order valence-corrected chi connectivity index (χ1v) is 7.28. The van der Waals surface area contributed by atoms with E-state index in [4.69, 9.17) is 0 Å². The first kappa shape index (κ1) is 11.9. The first-order valence-electron chi connectivity index (χ1n) is 5.57. The van der Waals surface area contributed by atoms with Crippen molar-refractivity contribution in [3.05, 3.63) is 33.9 Å². The van der Waals surface area contributed by atoms with Crippen LogP contribution in [0.15, 0.2) is 22.3 Å². The van der Waals surface area contributed by atoms with Crippen molar-refractivity contribution in [2.24, 2.45) is 0 Å². The number of nitrogens with zero attached hydrogens (tertiary/aromatic N) is 3. The summed E-state index contributed by atoms with van der Waals surface area (Å²) in [6.45, 7) is 1.68. The van der Waals surface area contributed by atoms with E-state index in [-0.39, 0.29) is 17.5 Å². The number of H-pyrrole nitrogens is 1. The van der Waals surface area contributed by atoms with E-state index < -0.39 is 9.84 Å². The quantitative estimate of drug-likeness (QED) is 0.764. The van der Waals surface area contributed by atoms with Crippen molar-refractivity contribution >= 4 is 21.3 Å². The number of fused-ring (bicyclic) bond motifs is 1. The molecule has 1 aliphatic rings. The smallest absolute Gasteiger partial charge is 0.349 e. The zero-order chi connectivity index (χ0) is 13.6. The molecule has 19 heavy (non-hydrogen) atoms. The Morgan fingerprint density at radius 2 is 2.32 bits per heavy atom. The minimum absolute atomic E-state index is 0.00623. The summed E-state index contributed by atoms with van der Waals surface area (Å²) in [7, 11) is -3.11. The molecule has 1 atom stereocenters. The zero-order valence-corrected chi connectivity index (χ0v) is 10.8. The maximum atomic E-state index is 11.4. The summed E-state index contributed by atoms with van der Waals surface area (Å²) in [6.07, 6.45) is 1.58. The van der Waals surface area contributed by atoms with E-state index in [1.807, 2.05) is 0 Å². The molecule has 2 aromatic heterocycles. The van der Waals surface area contributed by atoms with Gasteiger partial charge in [-0.15, -0.1) is 0 Å². The van der Waals surface area contributed by atoms with Gasteiger partial charge < -0.3 is 5.32 Å². The standard InChI is InChI=1S/C10H11N5O3S/c1-6-11-8(4-9-13-14-10(16)15(6)9)12-7-2-3-19(17,18)5-7/h2-4,7,12H,5H2,1H3,(H,14,16). The number of aromatic nitrogens is 4. The Morgan fingerprint density at radius 1 is 1.53 bits per heavy atom. The average molecular weight is 281 g/mol. The van der Waals surface area contributed by atoms with Gasteiger partial charge in [-0.3, -0.25) is 0 Å². The fraction of sp³-hybridized carbons (Fsp3) is 0.300. The second-order valence-corrected chi connectivity index (χ2v) is 6.25. The lowest BCUT2D eigenvalue weighted by Gasteiger charge is -2.11. The van der Waals surface area contributed by atoms with Gasteiger partial charge >= 0.3 is 5.69 Å². The van der Waals surface area contributed by atoms with E-state index in [0.717, 1.165) is 0 Å². The highest BCUT2D eigenvalue weighted by atomic mass is 32.2. The van der Waals surface area contributed by atoms with Gasteiger partial charge in [0.15, 0.2) is 15.5 Å². The maximum Gasteiger partial charge on any atom is 0.349 e. The molecule has 1 aliphatic heterocycles. The molecule has 0 aliphatic carbocycles. The van der Waals surface area contributed by atoms with Crippen molar-refractivity contribution in [2.45, 2.75) is 13.0 Å². The lowest BCUT2D eigenvalue weighted by atomic mass is 10.3. The van der Waals surface area contributed by atoms with Crippen LogP contribution in [0.2, 0.25) is 0 Å². The Hall–Kier alpha value is -2.16. The third-order valence-electron chi connectivity index (χ3n) is 2.83. The Balaban J connectivity index is 1.95. The predicted octanol–water partition coefficient (Wildman–Crippen LogP) is -0.551. The number of sulfone groups is 1. The van der Waals surface area contributed by atoms with Gasteiger partial charge in [0.05, 0.1) is 11.8 Å². The molecule has 0 fully saturated rings. The molecule has 9 heteroatoms. The lowest BCUT2D eigenvalue weighted by molar-refractivity contribution is 0.605. The first-order chi connectivity index (χ1) is 8.94. The summed E-state index contributed by atoms with van der Waals surface area (Å²) in [5, 5.41) is 10.4. The van der Waals surface area contributed by atoms with E-state index in [0.29, 0.717) is 17.3 Å². The molecular weight excluding hydrogens is 270 g/mol. The number of nitrogens with one attached hydrogen (secondary N) is 2. The van der Waals surface area contributed by atoms with E-state index in [9.17, 15) is 13.2 Å². The highest BCUT2D eigenvalue weighted by molar-refractivity contribution is 7.94. The van der Waals surface area contributed by atoms with Crippen molar-refractivity contribution in [2.75, 3.05) is 11.1 Å². The van der Waals surface area contributed by atoms with Crippen LogP contribution in [0.4, 0.5) is 5.82 Å². The topological polar surface area (TPSA) is 109 Å². The number of rotatable bonds is 2. The minimum Gasteiger partial charge on any atom is -0.363 e. The third-order valence-corrected chi connectivity index (χ3v) is 4.23. The van der Waals surface area contributed by atoms with Gasteiger partial charge in [-0.2, -0.15) is 5.10 Å². The summed E-state index contributed by atoms with van der Waals surface area (Å²) in [5.74, 6) is 0.964. The third kappa shape index (κ3) is 2.12. The van der Waals surface area contributed by atoms with E-state index in [1.54, 1.807) is 19.1 Å².